The van der Waals surface area contributed by atoms with Gasteiger partial charge in [0.2, 0.25) is 0 Å². The van der Waals surface area contributed by atoms with Crippen LogP contribution in [0.25, 0.3) is 0 Å². The van der Waals surface area contributed by atoms with E-state index in [0.717, 1.165) is 44.8 Å². The summed E-state index contributed by atoms with van der Waals surface area (Å²) in [6.07, 6.45) is 7.18. The van der Waals surface area contributed by atoms with E-state index in [9.17, 15) is 8.42 Å². The summed E-state index contributed by atoms with van der Waals surface area (Å²) in [5, 5.41) is 8.73. The van der Waals surface area contributed by atoms with E-state index < -0.39 is 10.1 Å². The largest absolute Gasteiger partial charge is 0.396 e. The number of aromatic nitrogens is 1. The van der Waals surface area contributed by atoms with Gasteiger partial charge < -0.3 is 10.0 Å². The fourth-order valence-electron chi connectivity index (χ4n) is 2.54. The van der Waals surface area contributed by atoms with Gasteiger partial charge in [0.15, 0.2) is 0 Å². The lowest BCUT2D eigenvalue weighted by molar-refractivity contribution is 0.247. The highest BCUT2D eigenvalue weighted by Crippen LogP contribution is 2.13. The standard InChI is InChI=1S/C15H25N3O.CH4O3S/c19-14-6-2-1-5-9-17-10-12-18(13-11-17)15-7-3-4-8-16-15;1-5(2,3)4/h3-4,7-8,19H,1-2,5-6,9-14H2;1H3,(H,2,3,4). The Labute approximate surface area is 145 Å². The van der Waals surface area contributed by atoms with Gasteiger partial charge in [0.1, 0.15) is 5.82 Å². The molecule has 0 radical (unpaired) electrons. The Hall–Kier alpha value is -1.22. The molecule has 0 saturated carbocycles. The van der Waals surface area contributed by atoms with Crippen LogP contribution in [0.4, 0.5) is 5.82 Å². The summed E-state index contributed by atoms with van der Waals surface area (Å²) in [6.45, 7) is 5.96. The predicted molar refractivity (Wildman–Crippen MR) is 95.9 cm³/mol. The maximum atomic E-state index is 9.19. The van der Waals surface area contributed by atoms with Crippen molar-refractivity contribution in [2.75, 3.05) is 50.5 Å². The van der Waals surface area contributed by atoms with Crippen LogP contribution in [-0.2, 0) is 10.1 Å². The zero-order valence-corrected chi connectivity index (χ0v) is 15.2. The highest BCUT2D eigenvalue weighted by molar-refractivity contribution is 7.85. The van der Waals surface area contributed by atoms with Crippen LogP contribution in [0, 0.1) is 0 Å². The van der Waals surface area contributed by atoms with Crippen LogP contribution in [0.2, 0.25) is 0 Å². The number of rotatable bonds is 7. The van der Waals surface area contributed by atoms with Crippen LogP contribution in [0.3, 0.4) is 0 Å². The Bertz CT molecular complexity index is 524. The zero-order chi connectivity index (χ0) is 17.8. The van der Waals surface area contributed by atoms with E-state index in [4.69, 9.17) is 9.66 Å². The summed E-state index contributed by atoms with van der Waals surface area (Å²) in [5.74, 6) is 1.10. The molecule has 0 aliphatic carbocycles. The SMILES string of the molecule is CS(=O)(=O)O.OCCCCCCN1CCN(c2ccccn2)CC1. The first-order chi connectivity index (χ1) is 11.4. The smallest absolute Gasteiger partial charge is 0.261 e. The molecular formula is C16H29N3O4S. The highest BCUT2D eigenvalue weighted by Gasteiger charge is 2.16. The number of pyridine rings is 1. The van der Waals surface area contributed by atoms with Crippen molar-refractivity contribution in [3.8, 4) is 0 Å². The average molecular weight is 359 g/mol. The molecule has 138 valence electrons. The molecule has 8 heteroatoms. The first kappa shape index (κ1) is 20.8. The molecule has 0 amide bonds. The topological polar surface area (TPSA) is 94.0 Å². The van der Waals surface area contributed by atoms with Gasteiger partial charge in [0.05, 0.1) is 6.26 Å². The van der Waals surface area contributed by atoms with E-state index in [1.165, 1.54) is 19.4 Å². The van der Waals surface area contributed by atoms with Crippen LogP contribution in [0.15, 0.2) is 24.4 Å². The quantitative estimate of drug-likeness (QED) is 0.559. The molecule has 0 aromatic carbocycles. The van der Waals surface area contributed by atoms with Crippen molar-refractivity contribution < 1.29 is 18.1 Å². The third kappa shape index (κ3) is 10.5. The fraction of sp³-hybridized carbons (Fsp3) is 0.688. The van der Waals surface area contributed by atoms with Gasteiger partial charge in [-0.2, -0.15) is 8.42 Å². The molecule has 1 aromatic heterocycles. The van der Waals surface area contributed by atoms with E-state index in [1.807, 2.05) is 12.3 Å². The normalized spacial score (nSPS) is 15.7. The lowest BCUT2D eigenvalue weighted by Gasteiger charge is -2.35. The summed E-state index contributed by atoms with van der Waals surface area (Å²) in [6, 6.07) is 6.10. The molecule has 24 heavy (non-hydrogen) atoms. The molecule has 0 bridgehead atoms. The molecule has 0 unspecified atom stereocenters. The summed E-state index contributed by atoms with van der Waals surface area (Å²) in [5.41, 5.74) is 0. The lowest BCUT2D eigenvalue weighted by Crippen LogP contribution is -2.46. The minimum absolute atomic E-state index is 0.336. The third-order valence-electron chi connectivity index (χ3n) is 3.73. The van der Waals surface area contributed by atoms with Gasteiger partial charge in [-0.1, -0.05) is 18.9 Å². The third-order valence-corrected chi connectivity index (χ3v) is 3.73. The van der Waals surface area contributed by atoms with Gasteiger partial charge >= 0.3 is 0 Å². The van der Waals surface area contributed by atoms with Crippen molar-refractivity contribution in [1.82, 2.24) is 9.88 Å². The molecular weight excluding hydrogens is 330 g/mol. The summed E-state index contributed by atoms with van der Waals surface area (Å²) < 4.78 is 25.9. The number of nitrogens with zero attached hydrogens (tertiary/aromatic N) is 3. The summed E-state index contributed by atoms with van der Waals surface area (Å²) in [4.78, 5) is 9.31. The molecule has 1 aliphatic heterocycles. The highest BCUT2D eigenvalue weighted by atomic mass is 32.2. The van der Waals surface area contributed by atoms with Gasteiger partial charge in [-0.25, -0.2) is 4.98 Å². The Morgan fingerprint density at radius 2 is 1.71 bits per heavy atom. The molecule has 7 nitrogen and oxygen atoms in total. The second-order valence-corrected chi connectivity index (χ2v) is 7.35. The van der Waals surface area contributed by atoms with E-state index in [-0.39, 0.29) is 0 Å². The maximum absolute atomic E-state index is 9.19. The zero-order valence-electron chi connectivity index (χ0n) is 14.3. The Morgan fingerprint density at radius 1 is 1.08 bits per heavy atom. The van der Waals surface area contributed by atoms with Crippen LogP contribution in [0.1, 0.15) is 25.7 Å². The minimum atomic E-state index is -3.67. The maximum Gasteiger partial charge on any atom is 0.261 e. The molecule has 2 N–H and O–H groups in total. The monoisotopic (exact) mass is 359 g/mol. The van der Waals surface area contributed by atoms with Crippen LogP contribution in [0.5, 0.6) is 0 Å². The fourth-order valence-corrected chi connectivity index (χ4v) is 2.54. The first-order valence-electron chi connectivity index (χ1n) is 8.32. The van der Waals surface area contributed by atoms with Crippen molar-refractivity contribution in [3.63, 3.8) is 0 Å². The minimum Gasteiger partial charge on any atom is -0.396 e. The van der Waals surface area contributed by atoms with Gasteiger partial charge in [-0.05, 0) is 31.5 Å². The number of aliphatic hydroxyl groups is 1. The number of anilines is 1. The van der Waals surface area contributed by atoms with Gasteiger partial charge in [-0.15, -0.1) is 0 Å². The molecule has 1 aromatic rings. The molecule has 0 spiro atoms. The van der Waals surface area contributed by atoms with Crippen LogP contribution in [-0.4, -0.2) is 73.5 Å². The summed E-state index contributed by atoms with van der Waals surface area (Å²) >= 11 is 0. The van der Waals surface area contributed by atoms with Crippen molar-refractivity contribution in [2.45, 2.75) is 25.7 Å². The predicted octanol–water partition coefficient (Wildman–Crippen LogP) is 1.26. The second kappa shape index (κ2) is 11.4. The molecule has 0 atom stereocenters. The first-order valence-corrected chi connectivity index (χ1v) is 10.2. The molecule has 2 heterocycles. The Kier molecular flexibility index (Phi) is 9.85. The number of piperazine rings is 1. The lowest BCUT2D eigenvalue weighted by atomic mass is 10.2. The van der Waals surface area contributed by atoms with Crippen molar-refractivity contribution in [3.05, 3.63) is 24.4 Å². The number of unbranched alkanes of at least 4 members (excludes halogenated alkanes) is 3. The van der Waals surface area contributed by atoms with Crippen molar-refractivity contribution in [2.24, 2.45) is 0 Å². The van der Waals surface area contributed by atoms with E-state index in [0.29, 0.717) is 12.9 Å². The number of aliphatic hydroxyl groups excluding tert-OH is 1. The average Bonchev–Trinajstić information content (AvgIpc) is 2.55. The molecule has 1 aliphatic rings. The van der Waals surface area contributed by atoms with Crippen molar-refractivity contribution >= 4 is 15.9 Å². The van der Waals surface area contributed by atoms with Crippen molar-refractivity contribution in [1.29, 1.82) is 0 Å². The Balaban J connectivity index is 0.000000505. The number of hydrogen-bond donors (Lipinski definition) is 2. The van der Waals surface area contributed by atoms with Crippen LogP contribution >= 0.6 is 0 Å². The van der Waals surface area contributed by atoms with Gasteiger partial charge in [0.25, 0.3) is 10.1 Å². The van der Waals surface area contributed by atoms with E-state index in [1.54, 1.807) is 0 Å². The Morgan fingerprint density at radius 3 is 2.25 bits per heavy atom. The molecule has 1 saturated heterocycles. The molecule has 1 fully saturated rings. The number of hydrogen-bond acceptors (Lipinski definition) is 6. The van der Waals surface area contributed by atoms with E-state index in [2.05, 4.69) is 26.9 Å². The van der Waals surface area contributed by atoms with Crippen LogP contribution < -0.4 is 4.90 Å². The van der Waals surface area contributed by atoms with E-state index >= 15 is 0 Å². The summed E-state index contributed by atoms with van der Waals surface area (Å²) in [7, 11) is -3.67. The van der Waals surface area contributed by atoms with Gasteiger partial charge in [-0.3, -0.25) is 9.45 Å². The molecule has 2 rings (SSSR count). The second-order valence-electron chi connectivity index (χ2n) is 5.89. The van der Waals surface area contributed by atoms with Gasteiger partial charge in [0, 0.05) is 39.0 Å².